The number of benzene rings is 1. The van der Waals surface area contributed by atoms with Crippen LogP contribution < -0.4 is 9.47 Å². The Balaban J connectivity index is 3.22. The minimum atomic E-state index is -1.17. The van der Waals surface area contributed by atoms with E-state index in [-0.39, 0.29) is 17.1 Å². The molecule has 0 atom stereocenters. The predicted octanol–water partition coefficient (Wildman–Crippen LogP) is 3.29. The normalized spacial score (nSPS) is 11.7. The van der Waals surface area contributed by atoms with Crippen molar-refractivity contribution in [3.63, 3.8) is 0 Å². The number of carbonyl (C=O) groups excluding carboxylic acids is 2. The number of carboxylic acid groups (broad SMARTS) is 1. The summed E-state index contributed by atoms with van der Waals surface area (Å²) in [5.41, 5.74) is -1.61. The van der Waals surface area contributed by atoms with Crippen molar-refractivity contribution < 1.29 is 29.0 Å². The molecule has 0 saturated heterocycles. The molecule has 0 unspecified atom stereocenters. The van der Waals surface area contributed by atoms with Gasteiger partial charge in [0.1, 0.15) is 0 Å². The minimum absolute atomic E-state index is 0.00697. The lowest BCUT2D eigenvalue weighted by molar-refractivity contribution is -0.145. The largest absolute Gasteiger partial charge is 0.478 e. The van der Waals surface area contributed by atoms with Gasteiger partial charge in [-0.3, -0.25) is 9.59 Å². The van der Waals surface area contributed by atoms with E-state index in [1.54, 1.807) is 41.5 Å². The summed E-state index contributed by atoms with van der Waals surface area (Å²) in [6, 6.07) is 3.75. The van der Waals surface area contributed by atoms with E-state index in [1.165, 1.54) is 12.1 Å². The fraction of sp³-hybridized carbons (Fsp3) is 0.471. The van der Waals surface area contributed by atoms with Gasteiger partial charge in [-0.2, -0.15) is 0 Å². The van der Waals surface area contributed by atoms with Crippen molar-refractivity contribution in [3.05, 3.63) is 23.8 Å². The number of hydrogen-bond acceptors (Lipinski definition) is 5. The summed E-state index contributed by atoms with van der Waals surface area (Å²) in [5.74, 6) is -2.34. The zero-order chi connectivity index (χ0) is 18.0. The second-order valence-electron chi connectivity index (χ2n) is 7.25. The molecule has 0 amide bonds. The van der Waals surface area contributed by atoms with Crippen LogP contribution in [-0.4, -0.2) is 23.0 Å². The van der Waals surface area contributed by atoms with Crippen LogP contribution in [0.25, 0.3) is 0 Å². The van der Waals surface area contributed by atoms with Crippen molar-refractivity contribution in [2.24, 2.45) is 10.8 Å². The van der Waals surface area contributed by atoms with Gasteiger partial charge in [-0.05, 0) is 59.7 Å². The lowest BCUT2D eigenvalue weighted by Gasteiger charge is -2.20. The van der Waals surface area contributed by atoms with E-state index in [1.807, 2.05) is 0 Å². The molecule has 0 aliphatic carbocycles. The third-order valence-electron chi connectivity index (χ3n) is 2.82. The number of hydrogen-bond donors (Lipinski definition) is 1. The van der Waals surface area contributed by atoms with E-state index in [2.05, 4.69) is 0 Å². The average Bonchev–Trinajstić information content (AvgIpc) is 2.37. The quantitative estimate of drug-likeness (QED) is 0.678. The summed E-state index contributed by atoms with van der Waals surface area (Å²) in [6.07, 6.45) is 0. The van der Waals surface area contributed by atoms with Gasteiger partial charge >= 0.3 is 17.9 Å². The summed E-state index contributed by atoms with van der Waals surface area (Å²) in [5, 5.41) is 9.06. The Hall–Kier alpha value is -2.37. The smallest absolute Gasteiger partial charge is 0.335 e. The Bertz CT molecular complexity index is 631. The fourth-order valence-corrected chi connectivity index (χ4v) is 1.31. The number of ether oxygens (including phenoxy) is 2. The van der Waals surface area contributed by atoms with Gasteiger partial charge in [0.25, 0.3) is 0 Å². The molecule has 6 heteroatoms. The first-order valence-electron chi connectivity index (χ1n) is 7.14. The van der Waals surface area contributed by atoms with Gasteiger partial charge in [0.15, 0.2) is 11.5 Å². The molecule has 0 spiro atoms. The van der Waals surface area contributed by atoms with E-state index in [0.29, 0.717) is 0 Å². The van der Waals surface area contributed by atoms with Crippen LogP contribution in [0.3, 0.4) is 0 Å². The molecule has 0 saturated carbocycles. The molecule has 23 heavy (non-hydrogen) atoms. The van der Waals surface area contributed by atoms with Crippen LogP contribution in [0.15, 0.2) is 18.2 Å². The standard InChI is InChI=1S/C17H22O6/c1-16(2,3)14(20)22-11-8-7-10(13(18)19)9-12(11)23-15(21)17(4,5)6/h7-9H,1-6H3,(H,18,19). The van der Waals surface area contributed by atoms with Crippen LogP contribution in [0.5, 0.6) is 11.5 Å². The molecule has 1 aromatic carbocycles. The maximum atomic E-state index is 12.0. The van der Waals surface area contributed by atoms with E-state index < -0.39 is 28.7 Å². The fourth-order valence-electron chi connectivity index (χ4n) is 1.31. The summed E-state index contributed by atoms with van der Waals surface area (Å²) in [7, 11) is 0. The van der Waals surface area contributed by atoms with Crippen LogP contribution in [-0.2, 0) is 9.59 Å². The van der Waals surface area contributed by atoms with Crippen LogP contribution in [0.1, 0.15) is 51.9 Å². The van der Waals surface area contributed by atoms with Crippen molar-refractivity contribution in [1.82, 2.24) is 0 Å². The molecule has 6 nitrogen and oxygen atoms in total. The molecule has 0 fully saturated rings. The Morgan fingerprint density at radius 1 is 0.826 bits per heavy atom. The van der Waals surface area contributed by atoms with Crippen LogP contribution in [0.2, 0.25) is 0 Å². The molecule has 0 radical (unpaired) electrons. The summed E-state index contributed by atoms with van der Waals surface area (Å²) in [6.45, 7) is 10.0. The zero-order valence-corrected chi connectivity index (χ0v) is 14.2. The predicted molar refractivity (Wildman–Crippen MR) is 83.6 cm³/mol. The molecule has 126 valence electrons. The number of aromatic carboxylic acids is 1. The van der Waals surface area contributed by atoms with Gasteiger partial charge in [0.05, 0.1) is 16.4 Å². The summed E-state index contributed by atoms with van der Waals surface area (Å²) < 4.78 is 10.5. The Morgan fingerprint density at radius 3 is 1.65 bits per heavy atom. The van der Waals surface area contributed by atoms with Gasteiger partial charge in [0.2, 0.25) is 0 Å². The first-order valence-corrected chi connectivity index (χ1v) is 7.14. The molecule has 1 N–H and O–H groups in total. The molecule has 1 rings (SSSR count). The SMILES string of the molecule is CC(C)(C)C(=O)Oc1ccc(C(=O)O)cc1OC(=O)C(C)(C)C. The highest BCUT2D eigenvalue weighted by atomic mass is 16.6. The van der Waals surface area contributed by atoms with Gasteiger partial charge in [-0.25, -0.2) is 4.79 Å². The highest BCUT2D eigenvalue weighted by Crippen LogP contribution is 2.32. The second kappa shape index (κ2) is 6.40. The number of carbonyl (C=O) groups is 3. The third-order valence-corrected chi connectivity index (χ3v) is 2.82. The van der Waals surface area contributed by atoms with Gasteiger partial charge in [0, 0.05) is 0 Å². The van der Waals surface area contributed by atoms with E-state index >= 15 is 0 Å². The molecule has 0 aliphatic heterocycles. The van der Waals surface area contributed by atoms with Crippen LogP contribution in [0.4, 0.5) is 0 Å². The lowest BCUT2D eigenvalue weighted by atomic mass is 9.97. The van der Waals surface area contributed by atoms with E-state index in [4.69, 9.17) is 14.6 Å². The van der Waals surface area contributed by atoms with Gasteiger partial charge in [-0.1, -0.05) is 0 Å². The van der Waals surface area contributed by atoms with Crippen molar-refractivity contribution in [2.45, 2.75) is 41.5 Å². The maximum Gasteiger partial charge on any atom is 0.335 e. The Labute approximate surface area is 135 Å². The first-order chi connectivity index (χ1) is 10.3. The van der Waals surface area contributed by atoms with Crippen molar-refractivity contribution in [3.8, 4) is 11.5 Å². The molecule has 0 bridgehead atoms. The van der Waals surface area contributed by atoms with Crippen LogP contribution >= 0.6 is 0 Å². The molecule has 0 aromatic heterocycles. The number of rotatable bonds is 3. The van der Waals surface area contributed by atoms with Crippen LogP contribution in [0, 0.1) is 10.8 Å². The molecular formula is C17H22O6. The summed E-state index contributed by atoms with van der Waals surface area (Å²) in [4.78, 5) is 35.1. The topological polar surface area (TPSA) is 89.9 Å². The molecule has 0 heterocycles. The third kappa shape index (κ3) is 5.09. The number of carboxylic acids is 1. The minimum Gasteiger partial charge on any atom is -0.478 e. The monoisotopic (exact) mass is 322 g/mol. The van der Waals surface area contributed by atoms with Gasteiger partial charge < -0.3 is 14.6 Å². The lowest BCUT2D eigenvalue weighted by Crippen LogP contribution is -2.28. The first kappa shape index (κ1) is 18.7. The zero-order valence-electron chi connectivity index (χ0n) is 14.2. The molecule has 0 aliphatic rings. The molecular weight excluding hydrogens is 300 g/mol. The highest BCUT2D eigenvalue weighted by molar-refractivity contribution is 5.89. The Morgan fingerprint density at radius 2 is 1.26 bits per heavy atom. The Kier molecular flexibility index (Phi) is 5.20. The van der Waals surface area contributed by atoms with Crippen molar-refractivity contribution in [1.29, 1.82) is 0 Å². The maximum absolute atomic E-state index is 12.0. The van der Waals surface area contributed by atoms with E-state index in [0.717, 1.165) is 6.07 Å². The average molecular weight is 322 g/mol. The molecule has 1 aromatic rings. The van der Waals surface area contributed by atoms with E-state index in [9.17, 15) is 14.4 Å². The second-order valence-corrected chi connectivity index (χ2v) is 7.25. The van der Waals surface area contributed by atoms with Crippen molar-refractivity contribution in [2.75, 3.05) is 0 Å². The number of esters is 2. The van der Waals surface area contributed by atoms with Gasteiger partial charge in [-0.15, -0.1) is 0 Å². The highest BCUT2D eigenvalue weighted by Gasteiger charge is 2.28. The van der Waals surface area contributed by atoms with Crippen molar-refractivity contribution >= 4 is 17.9 Å². The summed E-state index contributed by atoms with van der Waals surface area (Å²) >= 11 is 0.